The summed E-state index contributed by atoms with van der Waals surface area (Å²) in [4.78, 5) is 0. The van der Waals surface area contributed by atoms with Crippen molar-refractivity contribution in [1.82, 2.24) is 5.16 Å². The van der Waals surface area contributed by atoms with Gasteiger partial charge in [0.25, 0.3) is 5.88 Å². The zero-order valence-corrected chi connectivity index (χ0v) is 12.9. The van der Waals surface area contributed by atoms with E-state index in [4.69, 9.17) is 18.7 Å². The second kappa shape index (κ2) is 6.91. The van der Waals surface area contributed by atoms with E-state index in [2.05, 4.69) is 24.8 Å². The van der Waals surface area contributed by atoms with Crippen molar-refractivity contribution in [2.75, 3.05) is 20.5 Å². The normalized spacial score (nSPS) is 13.6. The van der Waals surface area contributed by atoms with E-state index < -0.39 is 8.07 Å². The molecule has 1 atom stereocenters. The van der Waals surface area contributed by atoms with Crippen molar-refractivity contribution in [2.45, 2.75) is 38.7 Å². The van der Waals surface area contributed by atoms with Crippen LogP contribution in [0.2, 0.25) is 25.7 Å². The summed E-state index contributed by atoms with van der Waals surface area (Å²) in [6, 6.07) is 2.84. The van der Waals surface area contributed by atoms with Gasteiger partial charge >= 0.3 is 0 Å². The number of ether oxygens (including phenoxy) is 3. The van der Waals surface area contributed by atoms with Gasteiger partial charge in [-0.15, -0.1) is 0 Å². The van der Waals surface area contributed by atoms with Crippen LogP contribution in [0.5, 0.6) is 5.88 Å². The molecule has 6 heteroatoms. The molecule has 0 aliphatic rings. The Bertz CT molecular complexity index is 348. The molecule has 0 spiro atoms. The topological polar surface area (TPSA) is 53.7 Å². The molecule has 0 bridgehead atoms. The van der Waals surface area contributed by atoms with Crippen molar-refractivity contribution in [1.29, 1.82) is 0 Å². The lowest BCUT2D eigenvalue weighted by Crippen LogP contribution is -2.22. The van der Waals surface area contributed by atoms with Crippen molar-refractivity contribution in [3.8, 4) is 5.88 Å². The van der Waals surface area contributed by atoms with Crippen molar-refractivity contribution in [3.05, 3.63) is 11.8 Å². The minimum Gasteiger partial charge on any atom is -0.448 e. The Morgan fingerprint density at radius 2 is 2.11 bits per heavy atom. The summed E-state index contributed by atoms with van der Waals surface area (Å²) in [7, 11) is 0.585. The van der Waals surface area contributed by atoms with Gasteiger partial charge in [0.05, 0.1) is 0 Å². The fourth-order valence-corrected chi connectivity index (χ4v) is 1.94. The third-order valence-corrected chi connectivity index (χ3v) is 4.25. The van der Waals surface area contributed by atoms with Crippen molar-refractivity contribution in [3.63, 3.8) is 0 Å². The molecule has 1 unspecified atom stereocenters. The molecule has 104 valence electrons. The SMILES string of the molecule is COC(C)c1cc(OCOCC[Si](C)(C)C)no1. The maximum atomic E-state index is 5.41. The van der Waals surface area contributed by atoms with Crippen LogP contribution in [0.3, 0.4) is 0 Å². The van der Waals surface area contributed by atoms with E-state index in [9.17, 15) is 0 Å². The lowest BCUT2D eigenvalue weighted by atomic mass is 10.3. The molecule has 18 heavy (non-hydrogen) atoms. The van der Waals surface area contributed by atoms with Crippen LogP contribution in [0.4, 0.5) is 0 Å². The summed E-state index contributed by atoms with van der Waals surface area (Å²) in [5, 5.41) is 3.78. The lowest BCUT2D eigenvalue weighted by molar-refractivity contribution is 0.0172. The van der Waals surface area contributed by atoms with Gasteiger partial charge in [0.2, 0.25) is 0 Å². The molecule has 0 radical (unpaired) electrons. The van der Waals surface area contributed by atoms with Crippen LogP contribution in [0.15, 0.2) is 10.6 Å². The Morgan fingerprint density at radius 1 is 1.39 bits per heavy atom. The average molecular weight is 273 g/mol. The van der Waals surface area contributed by atoms with Crippen LogP contribution in [0, 0.1) is 0 Å². The van der Waals surface area contributed by atoms with E-state index in [1.54, 1.807) is 13.2 Å². The van der Waals surface area contributed by atoms with Crippen LogP contribution in [-0.2, 0) is 9.47 Å². The van der Waals surface area contributed by atoms with Crippen molar-refractivity contribution < 1.29 is 18.7 Å². The number of hydrogen-bond donors (Lipinski definition) is 0. The first-order valence-electron chi connectivity index (χ1n) is 6.12. The first-order valence-corrected chi connectivity index (χ1v) is 9.83. The van der Waals surface area contributed by atoms with Gasteiger partial charge in [-0.2, -0.15) is 0 Å². The van der Waals surface area contributed by atoms with Gasteiger partial charge in [0, 0.05) is 27.9 Å². The quantitative estimate of drug-likeness (QED) is 0.414. The number of nitrogens with zero attached hydrogens (tertiary/aromatic N) is 1. The van der Waals surface area contributed by atoms with Crippen LogP contribution >= 0.6 is 0 Å². The second-order valence-corrected chi connectivity index (χ2v) is 11.0. The second-order valence-electron chi connectivity index (χ2n) is 5.43. The number of hydrogen-bond acceptors (Lipinski definition) is 5. The van der Waals surface area contributed by atoms with Crippen LogP contribution in [-0.4, -0.2) is 33.7 Å². The smallest absolute Gasteiger partial charge is 0.256 e. The maximum Gasteiger partial charge on any atom is 0.256 e. The van der Waals surface area contributed by atoms with E-state index in [0.717, 1.165) is 12.7 Å². The first kappa shape index (κ1) is 15.2. The molecule has 1 rings (SSSR count). The van der Waals surface area contributed by atoms with Gasteiger partial charge < -0.3 is 18.7 Å². The Morgan fingerprint density at radius 3 is 2.72 bits per heavy atom. The Hall–Kier alpha value is -0.853. The van der Waals surface area contributed by atoms with E-state index in [1.807, 2.05) is 6.92 Å². The van der Waals surface area contributed by atoms with Gasteiger partial charge in [0.15, 0.2) is 12.6 Å². The lowest BCUT2D eigenvalue weighted by Gasteiger charge is -2.14. The average Bonchev–Trinajstić information content (AvgIpc) is 2.75. The molecule has 0 amide bonds. The predicted octanol–water partition coefficient (Wildman–Crippen LogP) is 3.07. The molecule has 0 saturated carbocycles. The van der Waals surface area contributed by atoms with E-state index in [1.165, 1.54) is 0 Å². The van der Waals surface area contributed by atoms with Gasteiger partial charge in [-0.25, -0.2) is 0 Å². The molecule has 1 aromatic heterocycles. The van der Waals surface area contributed by atoms with Crippen molar-refractivity contribution >= 4 is 8.07 Å². The monoisotopic (exact) mass is 273 g/mol. The molecule has 0 aliphatic heterocycles. The molecule has 0 N–H and O–H groups in total. The highest BCUT2D eigenvalue weighted by molar-refractivity contribution is 6.76. The summed E-state index contributed by atoms with van der Waals surface area (Å²) >= 11 is 0. The highest BCUT2D eigenvalue weighted by Crippen LogP contribution is 2.20. The molecular formula is C12H23NO4Si. The van der Waals surface area contributed by atoms with Gasteiger partial charge in [-0.1, -0.05) is 19.6 Å². The van der Waals surface area contributed by atoms with Crippen LogP contribution in [0.1, 0.15) is 18.8 Å². The van der Waals surface area contributed by atoms with Gasteiger partial charge in [-0.3, -0.25) is 0 Å². The van der Waals surface area contributed by atoms with E-state index >= 15 is 0 Å². The van der Waals surface area contributed by atoms with E-state index in [-0.39, 0.29) is 12.9 Å². The fraction of sp³-hybridized carbons (Fsp3) is 0.750. The third-order valence-electron chi connectivity index (χ3n) is 2.55. The predicted molar refractivity (Wildman–Crippen MR) is 71.5 cm³/mol. The summed E-state index contributed by atoms with van der Waals surface area (Å²) < 4.78 is 20.9. The molecule has 5 nitrogen and oxygen atoms in total. The summed E-state index contributed by atoms with van der Waals surface area (Å²) in [5.41, 5.74) is 0. The van der Waals surface area contributed by atoms with Crippen LogP contribution < -0.4 is 4.74 Å². The standard InChI is InChI=1S/C12H23NO4Si/c1-10(14-2)11-8-12(13-17-11)16-9-15-6-7-18(3,4)5/h8,10H,6-7,9H2,1-5H3. The van der Waals surface area contributed by atoms with Gasteiger partial charge in [0.1, 0.15) is 6.10 Å². The first-order chi connectivity index (χ1) is 8.42. The maximum absolute atomic E-state index is 5.41. The summed E-state index contributed by atoms with van der Waals surface area (Å²) in [5.74, 6) is 1.08. The molecule has 1 heterocycles. The minimum atomic E-state index is -1.03. The Balaban J connectivity index is 2.22. The largest absolute Gasteiger partial charge is 0.448 e. The molecule has 0 fully saturated rings. The zero-order valence-electron chi connectivity index (χ0n) is 11.9. The van der Waals surface area contributed by atoms with E-state index in [0.29, 0.717) is 11.6 Å². The number of methoxy groups -OCH3 is 1. The zero-order chi connectivity index (χ0) is 13.6. The van der Waals surface area contributed by atoms with Crippen LogP contribution in [0.25, 0.3) is 0 Å². The minimum absolute atomic E-state index is 0.123. The summed E-state index contributed by atoms with van der Waals surface area (Å²) in [6.45, 7) is 9.76. The molecule has 0 aliphatic carbocycles. The molecule has 1 aromatic rings. The molecular weight excluding hydrogens is 250 g/mol. The molecule has 0 aromatic carbocycles. The summed E-state index contributed by atoms with van der Waals surface area (Å²) in [6.07, 6.45) is -0.123. The highest BCUT2D eigenvalue weighted by atomic mass is 28.3. The number of aromatic nitrogens is 1. The molecule has 0 saturated heterocycles. The third kappa shape index (κ3) is 5.66. The van der Waals surface area contributed by atoms with Crippen molar-refractivity contribution in [2.24, 2.45) is 0 Å². The van der Waals surface area contributed by atoms with Gasteiger partial charge in [-0.05, 0) is 18.1 Å². The Kier molecular flexibility index (Phi) is 5.84. The number of rotatable bonds is 8. The Labute approximate surface area is 109 Å². The highest BCUT2D eigenvalue weighted by Gasteiger charge is 2.13. The fourth-order valence-electron chi connectivity index (χ4n) is 1.19.